The molecule has 0 aliphatic heterocycles. The Kier molecular flexibility index (Phi) is 3.69. The van der Waals surface area contributed by atoms with Crippen LogP contribution in [-0.4, -0.2) is 17.1 Å². The minimum Gasteiger partial charge on any atom is -0.478 e. The molecule has 0 heterocycles. The SMILES string of the molecule is CC1(C)CCCCC1Nc1ccc(C(=O)O)cc1N. The maximum Gasteiger partial charge on any atom is 0.335 e. The van der Waals surface area contributed by atoms with Crippen LogP contribution < -0.4 is 11.1 Å². The molecule has 4 N–H and O–H groups in total. The molecule has 0 bridgehead atoms. The van der Waals surface area contributed by atoms with E-state index >= 15 is 0 Å². The van der Waals surface area contributed by atoms with Gasteiger partial charge >= 0.3 is 5.97 Å². The fraction of sp³-hybridized carbons (Fsp3) is 0.533. The molecule has 0 radical (unpaired) electrons. The third-order valence-corrected chi connectivity index (χ3v) is 4.14. The van der Waals surface area contributed by atoms with E-state index in [0.717, 1.165) is 12.1 Å². The molecule has 0 aromatic heterocycles. The summed E-state index contributed by atoms with van der Waals surface area (Å²) in [5, 5.41) is 12.4. The minimum absolute atomic E-state index is 0.228. The van der Waals surface area contributed by atoms with E-state index in [0.29, 0.717) is 11.7 Å². The van der Waals surface area contributed by atoms with Crippen molar-refractivity contribution >= 4 is 17.3 Å². The fourth-order valence-corrected chi connectivity index (χ4v) is 2.78. The molecule has 0 saturated heterocycles. The number of aromatic carboxylic acids is 1. The molecule has 1 aromatic rings. The van der Waals surface area contributed by atoms with E-state index in [1.165, 1.54) is 25.3 Å². The Bertz CT molecular complexity index is 483. The summed E-state index contributed by atoms with van der Waals surface area (Å²) in [4.78, 5) is 10.9. The molecule has 1 aromatic carbocycles. The summed E-state index contributed by atoms with van der Waals surface area (Å²) >= 11 is 0. The van der Waals surface area contributed by atoms with Crippen LogP contribution in [0.5, 0.6) is 0 Å². The lowest BCUT2D eigenvalue weighted by Gasteiger charge is -2.39. The summed E-state index contributed by atoms with van der Waals surface area (Å²) in [6, 6.07) is 5.26. The Morgan fingerprint density at radius 3 is 2.74 bits per heavy atom. The average molecular weight is 262 g/mol. The number of hydrogen-bond donors (Lipinski definition) is 3. The molecule has 0 amide bonds. The van der Waals surface area contributed by atoms with Gasteiger partial charge in [-0.1, -0.05) is 26.7 Å². The first-order valence-corrected chi connectivity index (χ1v) is 6.79. The van der Waals surface area contributed by atoms with E-state index in [4.69, 9.17) is 10.8 Å². The molecule has 1 saturated carbocycles. The van der Waals surface area contributed by atoms with Crippen LogP contribution >= 0.6 is 0 Å². The zero-order valence-corrected chi connectivity index (χ0v) is 11.6. The van der Waals surface area contributed by atoms with Crippen molar-refractivity contribution in [2.45, 2.75) is 45.6 Å². The minimum atomic E-state index is -0.948. The van der Waals surface area contributed by atoms with E-state index in [-0.39, 0.29) is 11.0 Å². The first-order chi connectivity index (χ1) is 8.90. The van der Waals surface area contributed by atoms with Crippen LogP contribution in [0.2, 0.25) is 0 Å². The summed E-state index contributed by atoms with van der Waals surface area (Å²) in [6.45, 7) is 4.54. The Morgan fingerprint density at radius 2 is 2.16 bits per heavy atom. The van der Waals surface area contributed by atoms with Gasteiger partial charge in [0, 0.05) is 6.04 Å². The van der Waals surface area contributed by atoms with Gasteiger partial charge in [-0.2, -0.15) is 0 Å². The first kappa shape index (κ1) is 13.7. The summed E-state index contributed by atoms with van der Waals surface area (Å²) in [7, 11) is 0. The normalized spacial score (nSPS) is 21.9. The van der Waals surface area contributed by atoms with Crippen LogP contribution in [0.3, 0.4) is 0 Å². The maximum atomic E-state index is 10.9. The molecule has 1 aliphatic carbocycles. The second-order valence-corrected chi connectivity index (χ2v) is 6.04. The molecule has 1 unspecified atom stereocenters. The van der Waals surface area contributed by atoms with Crippen LogP contribution in [0.25, 0.3) is 0 Å². The van der Waals surface area contributed by atoms with Crippen LogP contribution in [-0.2, 0) is 0 Å². The zero-order chi connectivity index (χ0) is 14.0. The number of benzene rings is 1. The highest BCUT2D eigenvalue weighted by molar-refractivity contribution is 5.90. The molecule has 19 heavy (non-hydrogen) atoms. The van der Waals surface area contributed by atoms with Gasteiger partial charge in [0.1, 0.15) is 0 Å². The van der Waals surface area contributed by atoms with Crippen molar-refractivity contribution in [3.05, 3.63) is 23.8 Å². The number of hydrogen-bond acceptors (Lipinski definition) is 3. The van der Waals surface area contributed by atoms with E-state index in [1.54, 1.807) is 12.1 Å². The van der Waals surface area contributed by atoms with E-state index in [1.807, 2.05) is 0 Å². The second kappa shape index (κ2) is 5.11. The highest BCUT2D eigenvalue weighted by Gasteiger charge is 2.32. The third-order valence-electron chi connectivity index (χ3n) is 4.14. The first-order valence-electron chi connectivity index (χ1n) is 6.79. The second-order valence-electron chi connectivity index (χ2n) is 6.04. The quantitative estimate of drug-likeness (QED) is 0.730. The van der Waals surface area contributed by atoms with Crippen LogP contribution in [0.15, 0.2) is 18.2 Å². The lowest BCUT2D eigenvalue weighted by molar-refractivity contribution is 0.0697. The van der Waals surface area contributed by atoms with Gasteiger partial charge in [0.05, 0.1) is 16.9 Å². The molecule has 104 valence electrons. The van der Waals surface area contributed by atoms with Gasteiger partial charge in [-0.3, -0.25) is 0 Å². The van der Waals surface area contributed by atoms with Gasteiger partial charge in [-0.05, 0) is 36.5 Å². The van der Waals surface area contributed by atoms with Gasteiger partial charge < -0.3 is 16.2 Å². The number of nitrogens with two attached hydrogens (primary N) is 1. The predicted molar refractivity (Wildman–Crippen MR) is 77.5 cm³/mol. The molecule has 1 aliphatic rings. The summed E-state index contributed by atoms with van der Waals surface area (Å²) in [5.74, 6) is -0.948. The zero-order valence-electron chi connectivity index (χ0n) is 11.6. The number of rotatable bonds is 3. The number of anilines is 2. The van der Waals surface area contributed by atoms with Gasteiger partial charge in [-0.25, -0.2) is 4.79 Å². The maximum absolute atomic E-state index is 10.9. The topological polar surface area (TPSA) is 75.3 Å². The van der Waals surface area contributed by atoms with Crippen molar-refractivity contribution in [2.75, 3.05) is 11.1 Å². The van der Waals surface area contributed by atoms with Gasteiger partial charge in [-0.15, -0.1) is 0 Å². The van der Waals surface area contributed by atoms with E-state index < -0.39 is 5.97 Å². The average Bonchev–Trinajstić information content (AvgIpc) is 2.33. The lowest BCUT2D eigenvalue weighted by Crippen LogP contribution is -2.39. The number of nitrogen functional groups attached to an aromatic ring is 1. The molecule has 4 heteroatoms. The Labute approximate surface area is 114 Å². The highest BCUT2D eigenvalue weighted by atomic mass is 16.4. The highest BCUT2D eigenvalue weighted by Crippen LogP contribution is 2.38. The summed E-state index contributed by atoms with van der Waals surface area (Å²) in [6.07, 6.45) is 4.84. The number of carboxylic acid groups (broad SMARTS) is 1. The summed E-state index contributed by atoms with van der Waals surface area (Å²) < 4.78 is 0. The molecular formula is C15H22N2O2. The van der Waals surface area contributed by atoms with Gasteiger partial charge in [0.25, 0.3) is 0 Å². The largest absolute Gasteiger partial charge is 0.478 e. The standard InChI is InChI=1S/C15H22N2O2/c1-15(2)8-4-3-5-13(15)17-12-7-6-10(14(18)19)9-11(12)16/h6-7,9,13,17H,3-5,8,16H2,1-2H3,(H,18,19). The Hall–Kier alpha value is -1.71. The number of nitrogens with one attached hydrogen (secondary N) is 1. The van der Waals surface area contributed by atoms with E-state index in [9.17, 15) is 4.79 Å². The van der Waals surface area contributed by atoms with Gasteiger partial charge in [0.2, 0.25) is 0 Å². The molecule has 0 spiro atoms. The molecule has 1 fully saturated rings. The van der Waals surface area contributed by atoms with Crippen molar-refractivity contribution in [2.24, 2.45) is 5.41 Å². The van der Waals surface area contributed by atoms with Crippen molar-refractivity contribution in [1.82, 2.24) is 0 Å². The summed E-state index contributed by atoms with van der Waals surface area (Å²) in [5.41, 5.74) is 7.75. The lowest BCUT2D eigenvalue weighted by atomic mass is 9.73. The molecule has 2 rings (SSSR count). The van der Waals surface area contributed by atoms with Crippen molar-refractivity contribution < 1.29 is 9.90 Å². The van der Waals surface area contributed by atoms with Crippen molar-refractivity contribution in [3.8, 4) is 0 Å². The fourth-order valence-electron chi connectivity index (χ4n) is 2.78. The molecule has 4 nitrogen and oxygen atoms in total. The van der Waals surface area contributed by atoms with Crippen LogP contribution in [0.4, 0.5) is 11.4 Å². The van der Waals surface area contributed by atoms with Crippen molar-refractivity contribution in [3.63, 3.8) is 0 Å². The smallest absolute Gasteiger partial charge is 0.335 e. The van der Waals surface area contributed by atoms with Crippen LogP contribution in [0, 0.1) is 5.41 Å². The van der Waals surface area contributed by atoms with Crippen LogP contribution in [0.1, 0.15) is 49.9 Å². The predicted octanol–water partition coefficient (Wildman–Crippen LogP) is 3.35. The Balaban J connectivity index is 2.17. The van der Waals surface area contributed by atoms with Gasteiger partial charge in [0.15, 0.2) is 0 Å². The Morgan fingerprint density at radius 1 is 1.42 bits per heavy atom. The third kappa shape index (κ3) is 3.00. The monoisotopic (exact) mass is 262 g/mol. The molecule has 1 atom stereocenters. The van der Waals surface area contributed by atoms with Crippen molar-refractivity contribution in [1.29, 1.82) is 0 Å². The number of carboxylic acids is 1. The van der Waals surface area contributed by atoms with E-state index in [2.05, 4.69) is 19.2 Å². The number of carbonyl (C=O) groups is 1. The molecular weight excluding hydrogens is 240 g/mol.